The van der Waals surface area contributed by atoms with Crippen LogP contribution in [0.15, 0.2) is 52.1 Å². The van der Waals surface area contributed by atoms with Crippen LogP contribution in [-0.2, 0) is 17.9 Å². The lowest BCUT2D eigenvalue weighted by molar-refractivity contribution is 0.104. The molecular formula is C19H27N3O2. The van der Waals surface area contributed by atoms with E-state index in [1.807, 2.05) is 19.2 Å². The van der Waals surface area contributed by atoms with Gasteiger partial charge in [0.1, 0.15) is 12.4 Å². The Bertz CT molecular complexity index is 606. The van der Waals surface area contributed by atoms with Gasteiger partial charge in [0.2, 0.25) is 0 Å². The van der Waals surface area contributed by atoms with Gasteiger partial charge in [0.25, 0.3) is 0 Å². The van der Waals surface area contributed by atoms with Crippen LogP contribution in [0.3, 0.4) is 0 Å². The average Bonchev–Trinajstić information content (AvgIpc) is 3.09. The predicted molar refractivity (Wildman–Crippen MR) is 97.0 cm³/mol. The first-order valence-corrected chi connectivity index (χ1v) is 8.26. The van der Waals surface area contributed by atoms with Crippen LogP contribution in [0.1, 0.15) is 23.3 Å². The summed E-state index contributed by atoms with van der Waals surface area (Å²) in [7, 11) is 3.85. The van der Waals surface area contributed by atoms with Crippen LogP contribution in [0.4, 0.5) is 0 Å². The number of aryl methyl sites for hydroxylation is 1. The predicted octanol–water partition coefficient (Wildman–Crippen LogP) is 3.20. The monoisotopic (exact) mass is 329 g/mol. The topological polar surface area (TPSA) is 50.0 Å². The van der Waals surface area contributed by atoms with Crippen molar-refractivity contribution in [2.45, 2.75) is 26.5 Å². The number of benzene rings is 1. The molecule has 0 aliphatic heterocycles. The van der Waals surface area contributed by atoms with Gasteiger partial charge in [-0.15, -0.1) is 0 Å². The highest BCUT2D eigenvalue weighted by Gasteiger charge is 2.06. The van der Waals surface area contributed by atoms with E-state index in [-0.39, 0.29) is 0 Å². The molecule has 1 aromatic carbocycles. The Balaban J connectivity index is 1.64. The van der Waals surface area contributed by atoms with Crippen LogP contribution in [0.2, 0.25) is 0 Å². The van der Waals surface area contributed by atoms with Crippen molar-refractivity contribution in [1.82, 2.24) is 10.2 Å². The highest BCUT2D eigenvalue weighted by Crippen LogP contribution is 2.06. The summed E-state index contributed by atoms with van der Waals surface area (Å²) < 4.78 is 10.8. The van der Waals surface area contributed by atoms with Crippen molar-refractivity contribution in [2.75, 3.05) is 27.2 Å². The molecule has 0 bridgehead atoms. The van der Waals surface area contributed by atoms with E-state index in [1.54, 1.807) is 13.3 Å². The number of hydrogen-bond donors (Lipinski definition) is 1. The van der Waals surface area contributed by atoms with E-state index in [0.717, 1.165) is 31.2 Å². The fourth-order valence-electron chi connectivity index (χ4n) is 2.37. The molecule has 0 saturated carbocycles. The molecule has 0 unspecified atom stereocenters. The minimum atomic E-state index is 0.523. The Kier molecular flexibility index (Phi) is 7.36. The molecule has 0 radical (unpaired) electrons. The zero-order chi connectivity index (χ0) is 17.2. The second kappa shape index (κ2) is 9.78. The van der Waals surface area contributed by atoms with E-state index < -0.39 is 0 Å². The summed E-state index contributed by atoms with van der Waals surface area (Å²) in [5.74, 6) is 1.75. The van der Waals surface area contributed by atoms with Gasteiger partial charge >= 0.3 is 0 Å². The Hall–Kier alpha value is -2.27. The van der Waals surface area contributed by atoms with Gasteiger partial charge in [-0.3, -0.25) is 4.99 Å². The molecule has 5 nitrogen and oxygen atoms in total. The number of guanidine groups is 1. The molecule has 1 heterocycles. The van der Waals surface area contributed by atoms with E-state index in [0.29, 0.717) is 13.2 Å². The van der Waals surface area contributed by atoms with Gasteiger partial charge in [0.05, 0.1) is 6.26 Å². The molecule has 24 heavy (non-hydrogen) atoms. The highest BCUT2D eigenvalue weighted by molar-refractivity contribution is 5.79. The number of rotatable bonds is 8. The van der Waals surface area contributed by atoms with Crippen LogP contribution in [0.25, 0.3) is 0 Å². The lowest BCUT2D eigenvalue weighted by atomic mass is 10.1. The van der Waals surface area contributed by atoms with E-state index >= 15 is 0 Å². The van der Waals surface area contributed by atoms with Gasteiger partial charge in [-0.2, -0.15) is 0 Å². The number of nitrogens with zero attached hydrogens (tertiary/aromatic N) is 2. The van der Waals surface area contributed by atoms with Crippen molar-refractivity contribution in [3.63, 3.8) is 0 Å². The highest BCUT2D eigenvalue weighted by atomic mass is 16.5. The minimum absolute atomic E-state index is 0.523. The molecule has 0 saturated heterocycles. The maximum atomic E-state index is 5.57. The van der Waals surface area contributed by atoms with E-state index in [4.69, 9.17) is 9.15 Å². The van der Waals surface area contributed by atoms with Crippen LogP contribution in [0, 0.1) is 6.92 Å². The molecule has 1 N–H and O–H groups in total. The van der Waals surface area contributed by atoms with Crippen molar-refractivity contribution >= 4 is 5.96 Å². The van der Waals surface area contributed by atoms with Crippen molar-refractivity contribution < 1.29 is 9.15 Å². The zero-order valence-corrected chi connectivity index (χ0v) is 14.8. The van der Waals surface area contributed by atoms with Crippen molar-refractivity contribution in [3.8, 4) is 0 Å². The van der Waals surface area contributed by atoms with Gasteiger partial charge in [0.15, 0.2) is 5.96 Å². The van der Waals surface area contributed by atoms with Crippen molar-refractivity contribution in [1.29, 1.82) is 0 Å². The molecule has 0 aliphatic carbocycles. The van der Waals surface area contributed by atoms with Crippen molar-refractivity contribution in [3.05, 3.63) is 59.5 Å². The second-order valence-corrected chi connectivity index (χ2v) is 5.80. The van der Waals surface area contributed by atoms with Crippen molar-refractivity contribution in [2.24, 2.45) is 4.99 Å². The Morgan fingerprint density at radius 2 is 2.04 bits per heavy atom. The molecule has 0 spiro atoms. The zero-order valence-electron chi connectivity index (χ0n) is 14.8. The molecule has 0 aliphatic rings. The summed E-state index contributed by atoms with van der Waals surface area (Å²) in [5.41, 5.74) is 2.55. The van der Waals surface area contributed by atoms with Crippen LogP contribution < -0.4 is 5.32 Å². The summed E-state index contributed by atoms with van der Waals surface area (Å²) in [4.78, 5) is 6.46. The molecule has 2 aromatic rings. The molecule has 0 fully saturated rings. The van der Waals surface area contributed by atoms with E-state index in [2.05, 4.69) is 46.4 Å². The van der Waals surface area contributed by atoms with Gasteiger partial charge in [-0.05, 0) is 31.0 Å². The molecular weight excluding hydrogens is 302 g/mol. The number of furan rings is 1. The molecule has 1 aromatic heterocycles. The minimum Gasteiger partial charge on any atom is -0.467 e. The van der Waals surface area contributed by atoms with Crippen LogP contribution in [0.5, 0.6) is 0 Å². The lowest BCUT2D eigenvalue weighted by Crippen LogP contribution is -2.39. The first kappa shape index (κ1) is 18.1. The van der Waals surface area contributed by atoms with Crippen LogP contribution >= 0.6 is 0 Å². The van der Waals surface area contributed by atoms with E-state index in [1.165, 1.54) is 11.1 Å². The molecule has 0 amide bonds. The fourth-order valence-corrected chi connectivity index (χ4v) is 2.37. The Morgan fingerprint density at radius 1 is 1.25 bits per heavy atom. The van der Waals surface area contributed by atoms with Gasteiger partial charge in [-0.1, -0.05) is 29.8 Å². The molecule has 5 heteroatoms. The van der Waals surface area contributed by atoms with Gasteiger partial charge < -0.3 is 19.4 Å². The number of hydrogen-bond acceptors (Lipinski definition) is 3. The molecule has 0 atom stereocenters. The molecule has 2 rings (SSSR count). The van der Waals surface area contributed by atoms with Gasteiger partial charge in [-0.25, -0.2) is 0 Å². The van der Waals surface area contributed by atoms with E-state index in [9.17, 15) is 0 Å². The summed E-state index contributed by atoms with van der Waals surface area (Å²) in [6.07, 6.45) is 2.58. The lowest BCUT2D eigenvalue weighted by Gasteiger charge is -2.22. The summed E-state index contributed by atoms with van der Waals surface area (Å²) >= 11 is 0. The maximum Gasteiger partial charge on any atom is 0.193 e. The standard InChI is InChI=1S/C19H27N3O2/c1-16-7-9-17(10-8-16)14-22(3)19(20-2)21-11-5-12-23-15-18-6-4-13-24-18/h4,6-10,13H,5,11-12,14-15H2,1-3H3,(H,20,21). The molecule has 130 valence electrons. The number of ether oxygens (including phenoxy) is 1. The second-order valence-electron chi connectivity index (χ2n) is 5.80. The summed E-state index contributed by atoms with van der Waals surface area (Å²) in [6, 6.07) is 12.4. The van der Waals surface area contributed by atoms with Crippen LogP contribution in [-0.4, -0.2) is 38.1 Å². The SMILES string of the molecule is CN=C(NCCCOCc1ccco1)N(C)Cc1ccc(C)cc1. The average molecular weight is 329 g/mol. The third kappa shape index (κ3) is 6.08. The number of aliphatic imine (C=N–C) groups is 1. The third-order valence-electron chi connectivity index (χ3n) is 3.69. The quantitative estimate of drug-likeness (QED) is 0.459. The first-order valence-electron chi connectivity index (χ1n) is 8.26. The summed E-state index contributed by atoms with van der Waals surface area (Å²) in [6.45, 7) is 4.96. The Labute approximate surface area is 144 Å². The fraction of sp³-hybridized carbons (Fsp3) is 0.421. The normalized spacial score (nSPS) is 11.5. The number of nitrogens with one attached hydrogen (secondary N) is 1. The summed E-state index contributed by atoms with van der Waals surface area (Å²) in [5, 5.41) is 3.37. The third-order valence-corrected chi connectivity index (χ3v) is 3.69. The smallest absolute Gasteiger partial charge is 0.193 e. The maximum absolute atomic E-state index is 5.57. The Morgan fingerprint density at radius 3 is 2.71 bits per heavy atom. The first-order chi connectivity index (χ1) is 11.7. The largest absolute Gasteiger partial charge is 0.467 e. The van der Waals surface area contributed by atoms with Gasteiger partial charge in [0, 0.05) is 33.8 Å².